The summed E-state index contributed by atoms with van der Waals surface area (Å²) in [5.41, 5.74) is -0.694. The molecule has 1 aliphatic rings. The normalized spacial score (nSPS) is 23.6. The summed E-state index contributed by atoms with van der Waals surface area (Å²) in [6.07, 6.45) is -0.721. The van der Waals surface area contributed by atoms with E-state index in [1.807, 2.05) is 6.92 Å². The van der Waals surface area contributed by atoms with Crippen LogP contribution in [0.15, 0.2) is 24.3 Å². The molecule has 5 heteroatoms. The summed E-state index contributed by atoms with van der Waals surface area (Å²) in [5, 5.41) is 3.31. The minimum Gasteiger partial charge on any atom is -0.488 e. The smallest absolute Gasteiger partial charge is 0.419 e. The average molecular weight is 287 g/mol. The number of para-hydroxylation sites is 1. The van der Waals surface area contributed by atoms with E-state index in [0.717, 1.165) is 38.3 Å². The van der Waals surface area contributed by atoms with Gasteiger partial charge in [-0.25, -0.2) is 0 Å². The van der Waals surface area contributed by atoms with E-state index < -0.39 is 11.7 Å². The lowest BCUT2D eigenvalue weighted by molar-refractivity contribution is -0.139. The molecule has 20 heavy (non-hydrogen) atoms. The van der Waals surface area contributed by atoms with Gasteiger partial charge in [-0.3, -0.25) is 0 Å². The van der Waals surface area contributed by atoms with Crippen LogP contribution in [0.2, 0.25) is 0 Å². The molecule has 2 atom stereocenters. The second kappa shape index (κ2) is 6.48. The molecule has 0 radical (unpaired) electrons. The first kappa shape index (κ1) is 15.2. The number of rotatable bonds is 4. The Balaban J connectivity index is 2.16. The van der Waals surface area contributed by atoms with Gasteiger partial charge in [-0.1, -0.05) is 25.5 Å². The predicted molar refractivity (Wildman–Crippen MR) is 71.8 cm³/mol. The van der Waals surface area contributed by atoms with Crippen LogP contribution in [0.1, 0.15) is 38.2 Å². The Kier molecular flexibility index (Phi) is 4.91. The van der Waals surface area contributed by atoms with Gasteiger partial charge in [0.25, 0.3) is 0 Å². The highest BCUT2D eigenvalue weighted by Gasteiger charge is 2.35. The number of halogens is 3. The number of ether oxygens (including phenoxy) is 1. The molecule has 0 amide bonds. The minimum absolute atomic E-state index is 0.0604. The summed E-state index contributed by atoms with van der Waals surface area (Å²) >= 11 is 0. The monoisotopic (exact) mass is 287 g/mol. The van der Waals surface area contributed by atoms with Crippen molar-refractivity contribution in [3.8, 4) is 5.75 Å². The van der Waals surface area contributed by atoms with Crippen LogP contribution in [0.25, 0.3) is 0 Å². The van der Waals surface area contributed by atoms with E-state index in [0.29, 0.717) is 0 Å². The van der Waals surface area contributed by atoms with Crippen LogP contribution in [0, 0.1) is 0 Å². The zero-order valence-electron chi connectivity index (χ0n) is 11.5. The van der Waals surface area contributed by atoms with E-state index in [1.165, 1.54) is 12.1 Å². The molecule has 0 heterocycles. The van der Waals surface area contributed by atoms with Crippen LogP contribution in [0.3, 0.4) is 0 Å². The molecule has 0 spiro atoms. The summed E-state index contributed by atoms with van der Waals surface area (Å²) < 4.78 is 44.6. The van der Waals surface area contributed by atoms with Crippen LogP contribution in [0.5, 0.6) is 5.75 Å². The van der Waals surface area contributed by atoms with Crippen LogP contribution in [0.4, 0.5) is 13.2 Å². The van der Waals surface area contributed by atoms with Crippen molar-refractivity contribution in [2.24, 2.45) is 0 Å². The maximum atomic E-state index is 13.0. The molecule has 112 valence electrons. The van der Waals surface area contributed by atoms with Gasteiger partial charge in [-0.05, 0) is 37.9 Å². The molecule has 1 N–H and O–H groups in total. The van der Waals surface area contributed by atoms with E-state index in [1.54, 1.807) is 6.07 Å². The largest absolute Gasteiger partial charge is 0.488 e. The van der Waals surface area contributed by atoms with Crippen LogP contribution in [-0.4, -0.2) is 18.7 Å². The third kappa shape index (κ3) is 3.66. The van der Waals surface area contributed by atoms with Crippen molar-refractivity contribution >= 4 is 0 Å². The van der Waals surface area contributed by atoms with Gasteiger partial charge in [0, 0.05) is 6.04 Å². The van der Waals surface area contributed by atoms with Crippen molar-refractivity contribution in [1.29, 1.82) is 0 Å². The van der Waals surface area contributed by atoms with Crippen molar-refractivity contribution in [3.63, 3.8) is 0 Å². The molecule has 1 aromatic carbocycles. The van der Waals surface area contributed by atoms with Crippen LogP contribution < -0.4 is 10.1 Å². The maximum Gasteiger partial charge on any atom is 0.419 e. The van der Waals surface area contributed by atoms with Crippen molar-refractivity contribution in [3.05, 3.63) is 29.8 Å². The molecule has 1 fully saturated rings. The molecule has 1 saturated carbocycles. The summed E-state index contributed by atoms with van der Waals surface area (Å²) in [6, 6.07) is 5.57. The lowest BCUT2D eigenvalue weighted by atomic mass is 9.92. The SMILES string of the molecule is CCNC1CCCCC1Oc1ccccc1C(F)(F)F. The van der Waals surface area contributed by atoms with Gasteiger partial charge in [0.2, 0.25) is 0 Å². The zero-order chi connectivity index (χ0) is 14.6. The van der Waals surface area contributed by atoms with Crippen molar-refractivity contribution < 1.29 is 17.9 Å². The van der Waals surface area contributed by atoms with Crippen molar-refractivity contribution in [1.82, 2.24) is 5.32 Å². The van der Waals surface area contributed by atoms with Crippen molar-refractivity contribution in [2.45, 2.75) is 50.9 Å². The standard InChI is InChI=1S/C15H20F3NO/c1-2-19-12-8-4-6-10-14(12)20-13-9-5-3-7-11(13)15(16,17)18/h3,5,7,9,12,14,19H,2,4,6,8,10H2,1H3. The number of hydrogen-bond donors (Lipinski definition) is 1. The highest BCUT2D eigenvalue weighted by molar-refractivity contribution is 5.35. The number of likely N-dealkylation sites (N-methyl/N-ethyl adjacent to an activating group) is 1. The molecule has 1 aliphatic carbocycles. The molecule has 0 aliphatic heterocycles. The average Bonchev–Trinajstić information content (AvgIpc) is 2.41. The second-order valence-corrected chi connectivity index (χ2v) is 5.10. The molecule has 0 aromatic heterocycles. The van der Waals surface area contributed by atoms with Crippen LogP contribution >= 0.6 is 0 Å². The van der Waals surface area contributed by atoms with Gasteiger partial charge in [-0.2, -0.15) is 13.2 Å². The highest BCUT2D eigenvalue weighted by Crippen LogP contribution is 2.37. The van der Waals surface area contributed by atoms with Gasteiger partial charge < -0.3 is 10.1 Å². The molecule has 0 bridgehead atoms. The van der Waals surface area contributed by atoms with E-state index in [9.17, 15) is 13.2 Å². The number of alkyl halides is 3. The van der Waals surface area contributed by atoms with Crippen LogP contribution in [-0.2, 0) is 6.18 Å². The Labute approximate surface area is 117 Å². The fourth-order valence-electron chi connectivity index (χ4n) is 2.70. The summed E-state index contributed by atoms with van der Waals surface area (Å²) in [4.78, 5) is 0. The number of hydrogen-bond acceptors (Lipinski definition) is 2. The Bertz CT molecular complexity index is 431. The van der Waals surface area contributed by atoms with Gasteiger partial charge in [0.05, 0.1) is 5.56 Å². The second-order valence-electron chi connectivity index (χ2n) is 5.10. The fourth-order valence-corrected chi connectivity index (χ4v) is 2.70. The Morgan fingerprint density at radius 2 is 1.90 bits per heavy atom. The van der Waals surface area contributed by atoms with Crippen molar-refractivity contribution in [2.75, 3.05) is 6.54 Å². The zero-order valence-corrected chi connectivity index (χ0v) is 11.5. The third-order valence-electron chi connectivity index (χ3n) is 3.64. The first-order chi connectivity index (χ1) is 9.52. The van der Waals surface area contributed by atoms with Gasteiger partial charge >= 0.3 is 6.18 Å². The minimum atomic E-state index is -4.38. The Hall–Kier alpha value is -1.23. The highest BCUT2D eigenvalue weighted by atomic mass is 19.4. The molecule has 2 rings (SSSR count). The van der Waals surface area contributed by atoms with Gasteiger partial charge in [0.15, 0.2) is 0 Å². The molecular formula is C15H20F3NO. The number of nitrogens with one attached hydrogen (secondary N) is 1. The van der Waals surface area contributed by atoms with E-state index in [-0.39, 0.29) is 17.9 Å². The molecule has 0 saturated heterocycles. The first-order valence-corrected chi connectivity index (χ1v) is 7.08. The molecular weight excluding hydrogens is 267 g/mol. The van der Waals surface area contributed by atoms with Gasteiger partial charge in [0.1, 0.15) is 11.9 Å². The van der Waals surface area contributed by atoms with E-state index in [2.05, 4.69) is 5.32 Å². The maximum absolute atomic E-state index is 13.0. The van der Waals surface area contributed by atoms with E-state index in [4.69, 9.17) is 4.74 Å². The number of benzene rings is 1. The molecule has 2 unspecified atom stereocenters. The quantitative estimate of drug-likeness (QED) is 0.903. The van der Waals surface area contributed by atoms with Gasteiger partial charge in [-0.15, -0.1) is 0 Å². The summed E-state index contributed by atoms with van der Waals surface area (Å²) in [6.45, 7) is 2.79. The first-order valence-electron chi connectivity index (χ1n) is 7.08. The molecule has 2 nitrogen and oxygen atoms in total. The molecule has 1 aromatic rings. The summed E-state index contributed by atoms with van der Waals surface area (Å²) in [5.74, 6) is -0.0604. The lowest BCUT2D eigenvalue weighted by Gasteiger charge is -2.33. The Morgan fingerprint density at radius 1 is 1.20 bits per heavy atom. The fraction of sp³-hybridized carbons (Fsp3) is 0.600. The van der Waals surface area contributed by atoms with E-state index >= 15 is 0 Å². The Morgan fingerprint density at radius 3 is 2.60 bits per heavy atom. The third-order valence-corrected chi connectivity index (χ3v) is 3.64. The predicted octanol–water partition coefficient (Wildman–Crippen LogP) is 4.00. The lowest BCUT2D eigenvalue weighted by Crippen LogP contribution is -2.45. The summed E-state index contributed by atoms with van der Waals surface area (Å²) in [7, 11) is 0. The topological polar surface area (TPSA) is 21.3 Å².